The lowest BCUT2D eigenvalue weighted by molar-refractivity contribution is 1.09. The molecule has 0 aliphatic carbocycles. The number of halogens is 1. The highest BCUT2D eigenvalue weighted by molar-refractivity contribution is 6.35. The van der Waals surface area contributed by atoms with Gasteiger partial charge in [-0.15, -0.1) is 0 Å². The lowest BCUT2D eigenvalue weighted by atomic mass is 10.2. The maximum absolute atomic E-state index is 6.30. The Morgan fingerprint density at radius 2 is 1.90 bits per heavy atom. The summed E-state index contributed by atoms with van der Waals surface area (Å²) in [4.78, 5) is 6.41. The largest absolute Gasteiger partial charge is 0.378 e. The molecule has 0 amide bonds. The van der Waals surface area contributed by atoms with Gasteiger partial charge in [-0.05, 0) is 30.3 Å². The molecule has 0 bridgehead atoms. The van der Waals surface area contributed by atoms with Gasteiger partial charge in [-0.1, -0.05) is 23.7 Å². The number of nitrogens with two attached hydrogens (primary N) is 1. The summed E-state index contributed by atoms with van der Waals surface area (Å²) < 4.78 is 1.88. The molecule has 0 aliphatic heterocycles. The predicted octanol–water partition coefficient (Wildman–Crippen LogP) is 3.33. The molecule has 5 heteroatoms. The van der Waals surface area contributed by atoms with Crippen molar-refractivity contribution < 1.29 is 0 Å². The van der Waals surface area contributed by atoms with Crippen LogP contribution in [0.1, 0.15) is 0 Å². The van der Waals surface area contributed by atoms with Crippen molar-refractivity contribution in [1.82, 2.24) is 9.55 Å². The topological polar surface area (TPSA) is 47.1 Å². The third kappa shape index (κ3) is 1.98. The maximum atomic E-state index is 6.30. The lowest BCUT2D eigenvalue weighted by Gasteiger charge is -2.15. The van der Waals surface area contributed by atoms with Crippen LogP contribution >= 0.6 is 11.6 Å². The molecule has 0 aliphatic rings. The average Bonchev–Trinajstić information content (AvgIpc) is 2.76. The van der Waals surface area contributed by atoms with Gasteiger partial charge < -0.3 is 10.6 Å². The summed E-state index contributed by atoms with van der Waals surface area (Å²) in [5.41, 5.74) is 9.73. The smallest absolute Gasteiger partial charge is 0.205 e. The van der Waals surface area contributed by atoms with Gasteiger partial charge in [0, 0.05) is 19.8 Å². The molecule has 0 saturated heterocycles. The van der Waals surface area contributed by atoms with E-state index < -0.39 is 0 Å². The van der Waals surface area contributed by atoms with E-state index in [2.05, 4.69) is 11.1 Å². The van der Waals surface area contributed by atoms with Crippen molar-refractivity contribution in [3.8, 4) is 5.69 Å². The third-order valence-corrected chi connectivity index (χ3v) is 3.56. The molecule has 2 aromatic carbocycles. The molecule has 2 N–H and O–H groups in total. The first-order valence-corrected chi connectivity index (χ1v) is 6.66. The number of nitrogens with zero attached hydrogens (tertiary/aromatic N) is 3. The molecule has 102 valence electrons. The zero-order valence-electron chi connectivity index (χ0n) is 11.3. The van der Waals surface area contributed by atoms with Crippen LogP contribution < -0.4 is 10.6 Å². The summed E-state index contributed by atoms with van der Waals surface area (Å²) in [7, 11) is 4.00. The van der Waals surface area contributed by atoms with Crippen LogP contribution in [0.3, 0.4) is 0 Å². The summed E-state index contributed by atoms with van der Waals surface area (Å²) in [5, 5.41) is 0.641. The molecular formula is C15H15ClN4. The van der Waals surface area contributed by atoms with Crippen molar-refractivity contribution in [2.75, 3.05) is 24.7 Å². The molecule has 20 heavy (non-hydrogen) atoms. The second-order valence-corrected chi connectivity index (χ2v) is 5.23. The van der Waals surface area contributed by atoms with Gasteiger partial charge in [0.25, 0.3) is 0 Å². The number of anilines is 2. The van der Waals surface area contributed by atoms with Crippen molar-refractivity contribution in [2.45, 2.75) is 0 Å². The zero-order valence-corrected chi connectivity index (χ0v) is 12.1. The van der Waals surface area contributed by atoms with Gasteiger partial charge in [-0.25, -0.2) is 4.98 Å². The number of nitrogen functional groups attached to an aromatic ring is 1. The Morgan fingerprint density at radius 1 is 1.15 bits per heavy atom. The molecule has 0 spiro atoms. The molecule has 3 aromatic rings. The molecular weight excluding hydrogens is 272 g/mol. The first-order chi connectivity index (χ1) is 9.58. The first-order valence-electron chi connectivity index (χ1n) is 6.28. The van der Waals surface area contributed by atoms with Crippen LogP contribution in [0.5, 0.6) is 0 Å². The molecule has 4 nitrogen and oxygen atoms in total. The van der Waals surface area contributed by atoms with Crippen molar-refractivity contribution in [3.05, 3.63) is 47.5 Å². The monoisotopic (exact) mass is 286 g/mol. The standard InChI is InChI=1S/C15H15ClN4/c1-19(2)10-5-3-6-11(9-10)20-14-12(16)7-4-8-13(14)18-15(20)17/h3-9H,1-2H3,(H2,17,18). The number of hydrogen-bond donors (Lipinski definition) is 1. The SMILES string of the molecule is CN(C)c1cccc(-n2c(N)nc3cccc(Cl)c32)c1. The van der Waals surface area contributed by atoms with E-state index in [9.17, 15) is 0 Å². The zero-order chi connectivity index (χ0) is 14.3. The van der Waals surface area contributed by atoms with Crippen LogP contribution in [0.2, 0.25) is 5.02 Å². The Hall–Kier alpha value is -2.20. The number of aromatic nitrogens is 2. The van der Waals surface area contributed by atoms with Crippen LogP contribution in [-0.4, -0.2) is 23.6 Å². The number of fused-ring (bicyclic) bond motifs is 1. The molecule has 1 aromatic heterocycles. The minimum absolute atomic E-state index is 0.434. The van der Waals surface area contributed by atoms with E-state index in [0.29, 0.717) is 11.0 Å². The summed E-state index contributed by atoms with van der Waals surface area (Å²) in [6, 6.07) is 13.7. The van der Waals surface area contributed by atoms with E-state index in [-0.39, 0.29) is 0 Å². The van der Waals surface area contributed by atoms with Crippen LogP contribution in [0.25, 0.3) is 16.7 Å². The first kappa shape index (κ1) is 12.8. The molecule has 0 atom stereocenters. The van der Waals surface area contributed by atoms with E-state index in [0.717, 1.165) is 22.4 Å². The average molecular weight is 287 g/mol. The van der Waals surface area contributed by atoms with Crippen LogP contribution in [0, 0.1) is 0 Å². The van der Waals surface area contributed by atoms with E-state index in [1.165, 1.54) is 0 Å². The Balaban J connectivity index is 2.29. The molecule has 0 radical (unpaired) electrons. The van der Waals surface area contributed by atoms with E-state index in [1.807, 2.05) is 60.0 Å². The lowest BCUT2D eigenvalue weighted by Crippen LogP contribution is -2.09. The van der Waals surface area contributed by atoms with Gasteiger partial charge in [-0.2, -0.15) is 0 Å². The molecule has 3 rings (SSSR count). The number of imidazole rings is 1. The normalized spacial score (nSPS) is 10.9. The summed E-state index contributed by atoms with van der Waals surface area (Å²) in [5.74, 6) is 0.434. The van der Waals surface area contributed by atoms with Crippen molar-refractivity contribution in [2.24, 2.45) is 0 Å². The third-order valence-electron chi connectivity index (χ3n) is 3.26. The van der Waals surface area contributed by atoms with Gasteiger partial charge >= 0.3 is 0 Å². The molecule has 1 heterocycles. The predicted molar refractivity (Wildman–Crippen MR) is 84.8 cm³/mol. The van der Waals surface area contributed by atoms with Gasteiger partial charge in [0.15, 0.2) is 0 Å². The number of hydrogen-bond acceptors (Lipinski definition) is 3. The maximum Gasteiger partial charge on any atom is 0.205 e. The van der Waals surface area contributed by atoms with Crippen LogP contribution in [-0.2, 0) is 0 Å². The molecule has 0 unspecified atom stereocenters. The Kier molecular flexibility index (Phi) is 3.03. The fourth-order valence-corrected chi connectivity index (χ4v) is 2.53. The highest BCUT2D eigenvalue weighted by Crippen LogP contribution is 2.30. The van der Waals surface area contributed by atoms with Crippen LogP contribution in [0.4, 0.5) is 11.6 Å². The number of para-hydroxylation sites is 1. The van der Waals surface area contributed by atoms with Gasteiger partial charge in [0.05, 0.1) is 21.7 Å². The van der Waals surface area contributed by atoms with E-state index >= 15 is 0 Å². The fourth-order valence-electron chi connectivity index (χ4n) is 2.28. The van der Waals surface area contributed by atoms with Crippen LogP contribution in [0.15, 0.2) is 42.5 Å². The van der Waals surface area contributed by atoms with Gasteiger partial charge in [0.2, 0.25) is 5.95 Å². The van der Waals surface area contributed by atoms with E-state index in [4.69, 9.17) is 17.3 Å². The Morgan fingerprint density at radius 3 is 2.65 bits per heavy atom. The van der Waals surface area contributed by atoms with Gasteiger partial charge in [0.1, 0.15) is 0 Å². The summed E-state index contributed by atoms with van der Waals surface area (Å²) in [6.45, 7) is 0. The Bertz CT molecular complexity index is 777. The number of benzene rings is 2. The van der Waals surface area contributed by atoms with Gasteiger partial charge in [-0.3, -0.25) is 4.57 Å². The minimum Gasteiger partial charge on any atom is -0.378 e. The second kappa shape index (κ2) is 4.72. The number of rotatable bonds is 2. The van der Waals surface area contributed by atoms with E-state index in [1.54, 1.807) is 0 Å². The van der Waals surface area contributed by atoms with Crippen molar-refractivity contribution in [1.29, 1.82) is 0 Å². The second-order valence-electron chi connectivity index (χ2n) is 4.83. The minimum atomic E-state index is 0.434. The quantitative estimate of drug-likeness (QED) is 0.786. The highest BCUT2D eigenvalue weighted by atomic mass is 35.5. The fraction of sp³-hybridized carbons (Fsp3) is 0.133. The highest BCUT2D eigenvalue weighted by Gasteiger charge is 2.13. The summed E-state index contributed by atoms with van der Waals surface area (Å²) in [6.07, 6.45) is 0. The van der Waals surface area contributed by atoms with Crippen molar-refractivity contribution in [3.63, 3.8) is 0 Å². The summed E-state index contributed by atoms with van der Waals surface area (Å²) >= 11 is 6.30. The Labute approximate surface area is 122 Å². The van der Waals surface area contributed by atoms with Crippen molar-refractivity contribution >= 4 is 34.3 Å². The molecule has 0 saturated carbocycles. The molecule has 0 fully saturated rings.